The minimum atomic E-state index is -6.57. The van der Waals surface area contributed by atoms with Gasteiger partial charge in [-0.15, -0.1) is 0 Å². The fraction of sp³-hybridized carbons (Fsp3) is 0.300. The van der Waals surface area contributed by atoms with E-state index in [4.69, 9.17) is 0 Å². The normalized spacial score (nSPS) is 13.4. The molecule has 0 amide bonds. The monoisotopic (exact) mass is 513 g/mol. The van der Waals surface area contributed by atoms with Crippen molar-refractivity contribution >= 4 is 9.84 Å². The number of imidazole rings is 1. The summed E-state index contributed by atoms with van der Waals surface area (Å²) >= 11 is 0. The van der Waals surface area contributed by atoms with E-state index in [0.717, 1.165) is 18.3 Å². The first kappa shape index (κ1) is 25.6. The van der Waals surface area contributed by atoms with Gasteiger partial charge in [-0.05, 0) is 12.1 Å². The zero-order valence-electron chi connectivity index (χ0n) is 17.3. The highest BCUT2D eigenvalue weighted by molar-refractivity contribution is 7.91. The number of sulfone groups is 1. The van der Waals surface area contributed by atoms with Crippen molar-refractivity contribution in [2.45, 2.75) is 29.8 Å². The van der Waals surface area contributed by atoms with E-state index in [1.165, 1.54) is 25.1 Å². The van der Waals surface area contributed by atoms with E-state index in [2.05, 4.69) is 9.97 Å². The maximum absolute atomic E-state index is 14.2. The Morgan fingerprint density at radius 2 is 1.59 bits per heavy atom. The van der Waals surface area contributed by atoms with Crippen molar-refractivity contribution in [3.05, 3.63) is 54.2 Å². The lowest BCUT2D eigenvalue weighted by Crippen LogP contribution is -2.50. The summed E-state index contributed by atoms with van der Waals surface area (Å²) in [5.41, 5.74) is -2.44. The van der Waals surface area contributed by atoms with Crippen LogP contribution in [0.4, 0.5) is 35.1 Å². The molecule has 0 aliphatic heterocycles. The lowest BCUT2D eigenvalue weighted by molar-refractivity contribution is -0.360. The summed E-state index contributed by atoms with van der Waals surface area (Å²) in [5, 5.41) is 0. The summed E-state index contributed by atoms with van der Waals surface area (Å²) in [6, 6.07) is 6.28. The Hall–Kier alpha value is -3.03. The molecule has 3 aromatic rings. The van der Waals surface area contributed by atoms with Gasteiger partial charge in [-0.25, -0.2) is 17.8 Å². The molecule has 0 fully saturated rings. The van der Waals surface area contributed by atoms with E-state index in [-0.39, 0.29) is 21.9 Å². The molecule has 5 nitrogen and oxygen atoms in total. The molecule has 0 N–H and O–H groups in total. The third kappa shape index (κ3) is 4.03. The van der Waals surface area contributed by atoms with E-state index in [1.807, 2.05) is 0 Å². The number of hydrogen-bond donors (Lipinski definition) is 0. The summed E-state index contributed by atoms with van der Waals surface area (Å²) in [5.74, 6) is -14.1. The first-order valence-electron chi connectivity index (χ1n) is 9.39. The minimum Gasteiger partial charge on any atom is -0.325 e. The Labute approximate surface area is 188 Å². The SMILES string of the molecule is CCS(=O)(=O)c1cc(-c2ccccc2F)cnc1-c1ncc(C(F)(F)C(F)(F)C(F)(F)F)n1C. The topological polar surface area (TPSA) is 64.8 Å². The van der Waals surface area contributed by atoms with Gasteiger partial charge < -0.3 is 4.57 Å². The summed E-state index contributed by atoms with van der Waals surface area (Å²) in [6.07, 6.45) is -5.49. The van der Waals surface area contributed by atoms with Crippen molar-refractivity contribution < 1.29 is 43.5 Å². The van der Waals surface area contributed by atoms with Crippen molar-refractivity contribution in [3.63, 3.8) is 0 Å². The quantitative estimate of drug-likeness (QED) is 0.416. The standard InChI is InChI=1S/C20H15F8N3O2S/c1-3-34(32,33)14-8-11(12-6-4-5-7-13(12)21)9-29-16(14)17-30-10-15(31(17)2)18(22,23)19(24,25)20(26,27)28/h4-10H,3H2,1-2H3. The van der Waals surface area contributed by atoms with Crippen LogP contribution in [0, 0.1) is 5.82 Å². The fourth-order valence-corrected chi connectivity index (χ4v) is 4.16. The van der Waals surface area contributed by atoms with Gasteiger partial charge in [0, 0.05) is 24.4 Å². The van der Waals surface area contributed by atoms with Crippen molar-refractivity contribution in [2.75, 3.05) is 5.75 Å². The van der Waals surface area contributed by atoms with Gasteiger partial charge in [0.1, 0.15) is 17.2 Å². The number of aromatic nitrogens is 3. The zero-order valence-corrected chi connectivity index (χ0v) is 18.2. The molecule has 0 unspecified atom stereocenters. The molecular formula is C20H15F8N3O2S. The number of rotatable bonds is 6. The third-order valence-electron chi connectivity index (χ3n) is 5.02. The lowest BCUT2D eigenvalue weighted by atomic mass is 10.1. The molecule has 1 aromatic carbocycles. The van der Waals surface area contributed by atoms with Crippen LogP contribution in [0.5, 0.6) is 0 Å². The maximum Gasteiger partial charge on any atom is 0.460 e. The van der Waals surface area contributed by atoms with Gasteiger partial charge in [-0.3, -0.25) is 4.98 Å². The van der Waals surface area contributed by atoms with Crippen molar-refractivity contribution in [3.8, 4) is 22.6 Å². The van der Waals surface area contributed by atoms with Crippen LogP contribution in [0.2, 0.25) is 0 Å². The summed E-state index contributed by atoms with van der Waals surface area (Å²) in [6.45, 7) is 1.25. The molecular weight excluding hydrogens is 498 g/mol. The largest absolute Gasteiger partial charge is 0.460 e. The number of nitrogens with zero attached hydrogens (tertiary/aromatic N) is 3. The second-order valence-electron chi connectivity index (χ2n) is 7.13. The Morgan fingerprint density at radius 3 is 2.15 bits per heavy atom. The number of alkyl halides is 7. The highest BCUT2D eigenvalue weighted by Gasteiger charge is 2.74. The number of halogens is 8. The van der Waals surface area contributed by atoms with Crippen LogP contribution in [-0.4, -0.2) is 40.8 Å². The Balaban J connectivity index is 2.24. The van der Waals surface area contributed by atoms with Crippen LogP contribution in [0.3, 0.4) is 0 Å². The molecule has 0 aliphatic rings. The van der Waals surface area contributed by atoms with Crippen LogP contribution in [0.15, 0.2) is 47.6 Å². The van der Waals surface area contributed by atoms with Gasteiger partial charge in [0.2, 0.25) is 0 Å². The van der Waals surface area contributed by atoms with Crippen LogP contribution in [0.25, 0.3) is 22.6 Å². The average Bonchev–Trinajstić information content (AvgIpc) is 3.14. The molecule has 0 spiro atoms. The second kappa shape index (κ2) is 8.32. The van der Waals surface area contributed by atoms with Gasteiger partial charge in [0.15, 0.2) is 15.7 Å². The highest BCUT2D eigenvalue weighted by atomic mass is 32.2. The molecule has 0 bridgehead atoms. The molecule has 0 saturated heterocycles. The molecule has 184 valence electrons. The van der Waals surface area contributed by atoms with Crippen molar-refractivity contribution in [2.24, 2.45) is 7.05 Å². The predicted octanol–water partition coefficient (Wildman–Crippen LogP) is 5.37. The summed E-state index contributed by atoms with van der Waals surface area (Å²) in [7, 11) is -3.45. The third-order valence-corrected chi connectivity index (χ3v) is 6.77. The molecule has 0 radical (unpaired) electrons. The van der Waals surface area contributed by atoms with E-state index in [0.29, 0.717) is 7.05 Å². The van der Waals surface area contributed by atoms with Crippen molar-refractivity contribution in [1.29, 1.82) is 0 Å². The van der Waals surface area contributed by atoms with Gasteiger partial charge in [-0.2, -0.15) is 30.7 Å². The first-order chi connectivity index (χ1) is 15.6. The Kier molecular flexibility index (Phi) is 6.27. The zero-order chi connectivity index (χ0) is 25.7. The maximum atomic E-state index is 14.2. The lowest BCUT2D eigenvalue weighted by Gasteiger charge is -2.28. The number of hydrogen-bond acceptors (Lipinski definition) is 4. The minimum absolute atomic E-state index is 0.00255. The molecule has 2 aromatic heterocycles. The second-order valence-corrected chi connectivity index (χ2v) is 9.37. The van der Waals surface area contributed by atoms with Crippen molar-refractivity contribution in [1.82, 2.24) is 14.5 Å². The summed E-state index contributed by atoms with van der Waals surface area (Å²) < 4.78 is 133. The van der Waals surface area contributed by atoms with E-state index >= 15 is 0 Å². The van der Waals surface area contributed by atoms with Crippen LogP contribution in [-0.2, 0) is 22.8 Å². The molecule has 2 heterocycles. The summed E-state index contributed by atoms with van der Waals surface area (Å²) in [4.78, 5) is 6.73. The van der Waals surface area contributed by atoms with Gasteiger partial charge in [0.05, 0.1) is 16.8 Å². The van der Waals surface area contributed by atoms with Crippen LogP contribution in [0.1, 0.15) is 12.6 Å². The van der Waals surface area contributed by atoms with Crippen LogP contribution >= 0.6 is 0 Å². The molecule has 14 heteroatoms. The molecule has 34 heavy (non-hydrogen) atoms. The molecule has 0 atom stereocenters. The first-order valence-corrected chi connectivity index (χ1v) is 11.0. The van der Waals surface area contributed by atoms with E-state index < -0.39 is 61.5 Å². The molecule has 0 aliphatic carbocycles. The highest BCUT2D eigenvalue weighted by Crippen LogP contribution is 2.52. The van der Waals surface area contributed by atoms with Crippen LogP contribution < -0.4 is 0 Å². The molecule has 0 saturated carbocycles. The van der Waals surface area contributed by atoms with Gasteiger partial charge >= 0.3 is 18.0 Å². The average molecular weight is 513 g/mol. The fourth-order valence-electron chi connectivity index (χ4n) is 3.11. The number of pyridine rings is 1. The number of benzene rings is 1. The predicted molar refractivity (Wildman–Crippen MR) is 104 cm³/mol. The smallest absolute Gasteiger partial charge is 0.325 e. The van der Waals surface area contributed by atoms with Gasteiger partial charge in [-0.1, -0.05) is 25.1 Å². The van der Waals surface area contributed by atoms with E-state index in [9.17, 15) is 43.5 Å². The molecule has 3 rings (SSSR count). The Morgan fingerprint density at radius 1 is 0.971 bits per heavy atom. The Bertz CT molecular complexity index is 1330. The van der Waals surface area contributed by atoms with Gasteiger partial charge in [0.25, 0.3) is 0 Å². The van der Waals surface area contributed by atoms with E-state index in [1.54, 1.807) is 0 Å².